The molecule has 90 valence electrons. The Morgan fingerprint density at radius 2 is 2.25 bits per heavy atom. The fraction of sp³-hybridized carbons (Fsp3) is 0.700. The molecule has 1 unspecified atom stereocenters. The predicted octanol–water partition coefficient (Wildman–Crippen LogP) is 1.94. The number of hydrogen-bond donors (Lipinski definition) is 1. The van der Waals surface area contributed by atoms with Crippen LogP contribution in [0.1, 0.15) is 33.0 Å². The molecule has 0 saturated heterocycles. The van der Waals surface area contributed by atoms with Gasteiger partial charge in [-0.3, -0.25) is 9.89 Å². The van der Waals surface area contributed by atoms with Crippen LogP contribution in [0.25, 0.3) is 0 Å². The van der Waals surface area contributed by atoms with Crippen LogP contribution < -0.4 is 0 Å². The smallest absolute Gasteiger partial charge is 0.319 e. The van der Waals surface area contributed by atoms with Crippen molar-refractivity contribution >= 4 is 17.7 Å². The molecule has 1 aromatic rings. The molecule has 5 nitrogen and oxygen atoms in total. The summed E-state index contributed by atoms with van der Waals surface area (Å²) in [6.07, 6.45) is 0.611. The van der Waals surface area contributed by atoms with Gasteiger partial charge in [-0.25, -0.2) is 4.98 Å². The number of H-pyrrole nitrogens is 1. The minimum Gasteiger partial charge on any atom is -0.462 e. The molecule has 16 heavy (non-hydrogen) atoms. The van der Waals surface area contributed by atoms with Crippen molar-refractivity contribution in [1.29, 1.82) is 0 Å². The molecule has 1 atom stereocenters. The van der Waals surface area contributed by atoms with Gasteiger partial charge in [0.2, 0.25) is 5.16 Å². The molecule has 0 aliphatic heterocycles. The van der Waals surface area contributed by atoms with Crippen molar-refractivity contribution in [2.45, 2.75) is 50.6 Å². The molecule has 0 saturated carbocycles. The molecule has 0 amide bonds. The second-order valence-corrected chi connectivity index (χ2v) is 4.87. The molecule has 0 aromatic carbocycles. The lowest BCUT2D eigenvalue weighted by Crippen LogP contribution is -2.22. The summed E-state index contributed by atoms with van der Waals surface area (Å²) in [5.41, 5.74) is 0. The monoisotopic (exact) mass is 243 g/mol. The van der Waals surface area contributed by atoms with E-state index in [4.69, 9.17) is 4.74 Å². The van der Waals surface area contributed by atoms with Crippen molar-refractivity contribution in [3.8, 4) is 0 Å². The number of aromatic amines is 1. The molecule has 0 bridgehead atoms. The summed E-state index contributed by atoms with van der Waals surface area (Å²) in [5, 5.41) is 7.08. The highest BCUT2D eigenvalue weighted by Crippen LogP contribution is 2.23. The maximum Gasteiger partial charge on any atom is 0.319 e. The van der Waals surface area contributed by atoms with Crippen LogP contribution in [0.3, 0.4) is 0 Å². The number of carbonyl (C=O) groups is 1. The van der Waals surface area contributed by atoms with Crippen LogP contribution in [0.15, 0.2) is 5.16 Å². The first-order valence-corrected chi connectivity index (χ1v) is 6.17. The summed E-state index contributed by atoms with van der Waals surface area (Å²) in [6, 6.07) is 0. The Bertz CT molecular complexity index is 352. The number of rotatable bonds is 5. The summed E-state index contributed by atoms with van der Waals surface area (Å²) in [4.78, 5) is 15.8. The second-order valence-electron chi connectivity index (χ2n) is 3.70. The van der Waals surface area contributed by atoms with E-state index in [0.717, 1.165) is 5.82 Å². The number of aryl methyl sites for hydroxylation is 1. The standard InChI is InChI=1S/C10H17N3O2S/c1-5-8(9(14)15-6(2)3)16-10-11-7(4)12-13-10/h6,8H,5H2,1-4H3,(H,11,12,13). The van der Waals surface area contributed by atoms with Gasteiger partial charge < -0.3 is 4.74 Å². The number of nitrogens with zero attached hydrogens (tertiary/aromatic N) is 2. The van der Waals surface area contributed by atoms with Gasteiger partial charge in [-0.15, -0.1) is 5.10 Å². The average molecular weight is 243 g/mol. The Morgan fingerprint density at radius 1 is 1.56 bits per heavy atom. The zero-order valence-electron chi connectivity index (χ0n) is 9.98. The second kappa shape index (κ2) is 5.89. The van der Waals surface area contributed by atoms with Gasteiger partial charge in [0, 0.05) is 0 Å². The van der Waals surface area contributed by atoms with Crippen molar-refractivity contribution in [2.24, 2.45) is 0 Å². The third-order valence-electron chi connectivity index (χ3n) is 1.81. The molecule has 0 fully saturated rings. The van der Waals surface area contributed by atoms with Crippen molar-refractivity contribution in [3.63, 3.8) is 0 Å². The fourth-order valence-electron chi connectivity index (χ4n) is 1.11. The summed E-state index contributed by atoms with van der Waals surface area (Å²) < 4.78 is 5.16. The van der Waals surface area contributed by atoms with Gasteiger partial charge in [0.15, 0.2) is 0 Å². The molecule has 1 rings (SSSR count). The van der Waals surface area contributed by atoms with Gasteiger partial charge >= 0.3 is 5.97 Å². The number of carbonyl (C=O) groups excluding carboxylic acids is 1. The Labute approximate surface area is 99.4 Å². The third kappa shape index (κ3) is 3.84. The van der Waals surface area contributed by atoms with E-state index in [2.05, 4.69) is 15.2 Å². The number of ether oxygens (including phenoxy) is 1. The largest absolute Gasteiger partial charge is 0.462 e. The quantitative estimate of drug-likeness (QED) is 0.632. The zero-order chi connectivity index (χ0) is 12.1. The van der Waals surface area contributed by atoms with Crippen LogP contribution >= 0.6 is 11.8 Å². The Balaban J connectivity index is 2.58. The topological polar surface area (TPSA) is 67.9 Å². The molecular weight excluding hydrogens is 226 g/mol. The minimum absolute atomic E-state index is 0.0870. The van der Waals surface area contributed by atoms with E-state index in [-0.39, 0.29) is 17.3 Å². The number of aromatic nitrogens is 3. The highest BCUT2D eigenvalue weighted by molar-refractivity contribution is 8.00. The first-order valence-electron chi connectivity index (χ1n) is 5.29. The Morgan fingerprint density at radius 3 is 2.69 bits per heavy atom. The number of nitrogens with one attached hydrogen (secondary N) is 1. The van der Waals surface area contributed by atoms with Crippen LogP contribution in [0.5, 0.6) is 0 Å². The molecule has 0 radical (unpaired) electrons. The highest BCUT2D eigenvalue weighted by atomic mass is 32.2. The predicted molar refractivity (Wildman–Crippen MR) is 62.3 cm³/mol. The van der Waals surface area contributed by atoms with E-state index >= 15 is 0 Å². The van der Waals surface area contributed by atoms with Crippen LogP contribution in [0, 0.1) is 6.92 Å². The summed E-state index contributed by atoms with van der Waals surface area (Å²) in [6.45, 7) is 7.45. The van der Waals surface area contributed by atoms with E-state index in [1.807, 2.05) is 27.7 Å². The van der Waals surface area contributed by atoms with Crippen LogP contribution in [0.4, 0.5) is 0 Å². The van der Waals surface area contributed by atoms with Crippen molar-refractivity contribution < 1.29 is 9.53 Å². The van der Waals surface area contributed by atoms with Crippen LogP contribution in [-0.2, 0) is 9.53 Å². The zero-order valence-corrected chi connectivity index (χ0v) is 10.8. The minimum atomic E-state index is -0.238. The van der Waals surface area contributed by atoms with Gasteiger partial charge in [-0.2, -0.15) is 0 Å². The average Bonchev–Trinajstić information content (AvgIpc) is 2.59. The maximum atomic E-state index is 11.7. The van der Waals surface area contributed by atoms with Crippen molar-refractivity contribution in [3.05, 3.63) is 5.82 Å². The Kier molecular flexibility index (Phi) is 4.79. The highest BCUT2D eigenvalue weighted by Gasteiger charge is 2.22. The van der Waals surface area contributed by atoms with Crippen molar-refractivity contribution in [2.75, 3.05) is 0 Å². The summed E-state index contributed by atoms with van der Waals surface area (Å²) >= 11 is 1.33. The fourth-order valence-corrected chi connectivity index (χ4v) is 1.97. The first-order chi connectivity index (χ1) is 7.52. The molecular formula is C10H17N3O2S. The number of thioether (sulfide) groups is 1. The number of hydrogen-bond acceptors (Lipinski definition) is 5. The third-order valence-corrected chi connectivity index (χ3v) is 3.01. The molecule has 1 N–H and O–H groups in total. The lowest BCUT2D eigenvalue weighted by molar-refractivity contribution is -0.146. The van der Waals surface area contributed by atoms with Crippen molar-refractivity contribution in [1.82, 2.24) is 15.2 Å². The normalized spacial score (nSPS) is 12.8. The molecule has 1 aromatic heterocycles. The molecule has 6 heteroatoms. The maximum absolute atomic E-state index is 11.7. The lowest BCUT2D eigenvalue weighted by Gasteiger charge is -2.14. The van der Waals surface area contributed by atoms with Crippen LogP contribution in [0.2, 0.25) is 0 Å². The Hall–Kier alpha value is -1.04. The van der Waals surface area contributed by atoms with Gasteiger partial charge in [0.25, 0.3) is 0 Å². The number of esters is 1. The van der Waals surface area contributed by atoms with Gasteiger partial charge in [-0.1, -0.05) is 18.7 Å². The molecule has 0 spiro atoms. The summed E-state index contributed by atoms with van der Waals surface area (Å²) in [5.74, 6) is 0.541. The molecule has 0 aliphatic rings. The van der Waals surface area contributed by atoms with E-state index in [1.165, 1.54) is 11.8 Å². The SMILES string of the molecule is CCC(Sc1n[nH]c(C)n1)C(=O)OC(C)C. The van der Waals surface area contributed by atoms with E-state index in [9.17, 15) is 4.79 Å². The van der Waals surface area contributed by atoms with Crippen LogP contribution in [-0.4, -0.2) is 32.5 Å². The van der Waals surface area contributed by atoms with E-state index < -0.39 is 0 Å². The van der Waals surface area contributed by atoms with Gasteiger partial charge in [-0.05, 0) is 27.2 Å². The van der Waals surface area contributed by atoms with E-state index in [0.29, 0.717) is 11.6 Å². The molecule has 1 heterocycles. The lowest BCUT2D eigenvalue weighted by atomic mass is 10.3. The molecule has 0 aliphatic carbocycles. The van der Waals surface area contributed by atoms with E-state index in [1.54, 1.807) is 0 Å². The first kappa shape index (κ1) is 13.0. The van der Waals surface area contributed by atoms with Gasteiger partial charge in [0.1, 0.15) is 11.1 Å². The summed E-state index contributed by atoms with van der Waals surface area (Å²) in [7, 11) is 0. The van der Waals surface area contributed by atoms with Gasteiger partial charge in [0.05, 0.1) is 6.10 Å².